The van der Waals surface area contributed by atoms with Gasteiger partial charge in [0.25, 0.3) is 0 Å². The Balaban J connectivity index is 1.27. The number of allylic oxidation sites excluding steroid dienone is 1. The number of carbonyl (C=O) groups is 1. The van der Waals surface area contributed by atoms with E-state index in [2.05, 4.69) is 48.1 Å². The molecule has 2 amide bonds. The Morgan fingerprint density at radius 3 is 2.65 bits per heavy atom. The topological polar surface area (TPSA) is 63.5 Å². The first kappa shape index (κ1) is 22.5. The van der Waals surface area contributed by atoms with E-state index in [0.717, 1.165) is 37.2 Å². The molecule has 3 heterocycles. The number of carbonyl (C=O) groups excluding carboxylic acids is 1. The van der Waals surface area contributed by atoms with E-state index in [4.69, 9.17) is 0 Å². The van der Waals surface area contributed by atoms with Crippen LogP contribution in [0.2, 0.25) is 0 Å². The van der Waals surface area contributed by atoms with Crippen molar-refractivity contribution < 1.29 is 4.79 Å². The summed E-state index contributed by atoms with van der Waals surface area (Å²) in [5.74, 6) is 0.494. The maximum absolute atomic E-state index is 13.5. The Morgan fingerprint density at radius 1 is 1.15 bits per heavy atom. The molecule has 1 aromatic heterocycles. The third-order valence-corrected chi connectivity index (χ3v) is 8.14. The predicted octanol–water partition coefficient (Wildman–Crippen LogP) is 4.47. The van der Waals surface area contributed by atoms with Crippen molar-refractivity contribution >= 4 is 17.8 Å². The molecule has 6 nitrogen and oxygen atoms in total. The van der Waals surface area contributed by atoms with Gasteiger partial charge in [-0.3, -0.25) is 4.98 Å². The summed E-state index contributed by atoms with van der Waals surface area (Å²) in [6.07, 6.45) is 9.49. The summed E-state index contributed by atoms with van der Waals surface area (Å²) in [7, 11) is 2.15. The number of piperidine rings is 2. The van der Waals surface area contributed by atoms with Gasteiger partial charge in [-0.05, 0) is 36.8 Å². The fraction of sp³-hybridized carbons (Fsp3) is 0.464. The second-order valence-corrected chi connectivity index (χ2v) is 10.0. The highest BCUT2D eigenvalue weighted by Crippen LogP contribution is 2.36. The molecule has 2 saturated heterocycles. The van der Waals surface area contributed by atoms with Gasteiger partial charge >= 0.3 is 6.03 Å². The molecule has 5 rings (SSSR count). The third kappa shape index (κ3) is 3.94. The zero-order chi connectivity index (χ0) is 23.7. The lowest BCUT2D eigenvalue weighted by Crippen LogP contribution is -2.57. The lowest BCUT2D eigenvalue weighted by atomic mass is 9.74. The fourth-order valence-corrected chi connectivity index (χ4v) is 5.85. The van der Waals surface area contributed by atoms with Crippen LogP contribution in [0.4, 0.5) is 10.5 Å². The molecule has 0 spiro atoms. The summed E-state index contributed by atoms with van der Waals surface area (Å²) in [5.41, 5.74) is 4.12. The van der Waals surface area contributed by atoms with Crippen molar-refractivity contribution in [2.24, 2.45) is 5.92 Å². The Morgan fingerprint density at radius 2 is 1.91 bits per heavy atom. The van der Waals surface area contributed by atoms with Crippen molar-refractivity contribution in [3.63, 3.8) is 0 Å². The smallest absolute Gasteiger partial charge is 0.320 e. The van der Waals surface area contributed by atoms with Gasteiger partial charge in [0.05, 0.1) is 17.2 Å². The van der Waals surface area contributed by atoms with Crippen LogP contribution in [0, 0.1) is 17.2 Å². The first-order valence-corrected chi connectivity index (χ1v) is 12.4. The number of pyridine rings is 1. The van der Waals surface area contributed by atoms with E-state index in [9.17, 15) is 10.1 Å². The highest BCUT2D eigenvalue weighted by atomic mass is 16.2. The second kappa shape index (κ2) is 9.13. The van der Waals surface area contributed by atoms with Crippen molar-refractivity contribution in [3.8, 4) is 6.07 Å². The van der Waals surface area contributed by atoms with Crippen LogP contribution in [0.1, 0.15) is 43.0 Å². The summed E-state index contributed by atoms with van der Waals surface area (Å²) in [4.78, 5) is 24.4. The molecule has 2 aromatic rings. The average Bonchev–Trinajstić information content (AvgIpc) is 3.38. The fourth-order valence-electron chi connectivity index (χ4n) is 5.85. The van der Waals surface area contributed by atoms with Crippen molar-refractivity contribution in [1.82, 2.24) is 14.8 Å². The van der Waals surface area contributed by atoms with E-state index in [1.54, 1.807) is 0 Å². The van der Waals surface area contributed by atoms with Crippen LogP contribution in [0.3, 0.4) is 0 Å². The van der Waals surface area contributed by atoms with Gasteiger partial charge in [0.1, 0.15) is 0 Å². The average molecular weight is 456 g/mol. The number of nitrogens with zero attached hydrogens (tertiary/aromatic N) is 5. The number of likely N-dealkylation sites (N-methyl/N-ethyl adjacent to an activating group) is 1. The molecule has 2 fully saturated rings. The molecule has 3 aliphatic rings. The van der Waals surface area contributed by atoms with E-state index in [1.807, 2.05) is 46.3 Å². The van der Waals surface area contributed by atoms with Gasteiger partial charge < -0.3 is 14.7 Å². The number of urea groups is 1. The maximum atomic E-state index is 13.5. The van der Waals surface area contributed by atoms with Gasteiger partial charge in [0.15, 0.2) is 0 Å². The summed E-state index contributed by atoms with van der Waals surface area (Å²) in [6, 6.07) is 15.1. The SMILES string of the molecule is C[C@@H]1CCN(C(=O)N2CCC(C#N)(c3ccccc3)CC2)CC1N(C)c1ccnc2c1C=CC2. The summed E-state index contributed by atoms with van der Waals surface area (Å²) in [6.45, 7) is 5.04. The maximum Gasteiger partial charge on any atom is 0.320 e. The molecule has 6 heteroatoms. The van der Waals surface area contributed by atoms with Gasteiger partial charge in [0.2, 0.25) is 0 Å². The molecule has 176 valence electrons. The molecule has 0 bridgehead atoms. The number of benzene rings is 1. The van der Waals surface area contributed by atoms with Crippen LogP contribution >= 0.6 is 0 Å². The molecule has 2 atom stereocenters. The van der Waals surface area contributed by atoms with Crippen molar-refractivity contribution in [2.75, 3.05) is 38.1 Å². The van der Waals surface area contributed by atoms with E-state index in [-0.39, 0.29) is 12.1 Å². The molecular formula is C28H33N5O. The van der Waals surface area contributed by atoms with E-state index in [0.29, 0.717) is 31.8 Å². The minimum absolute atomic E-state index is 0.116. The number of hydrogen-bond acceptors (Lipinski definition) is 4. The van der Waals surface area contributed by atoms with Gasteiger partial charge in [-0.25, -0.2) is 4.79 Å². The predicted molar refractivity (Wildman–Crippen MR) is 134 cm³/mol. The quantitative estimate of drug-likeness (QED) is 0.685. The lowest BCUT2D eigenvalue weighted by molar-refractivity contribution is 0.111. The van der Waals surface area contributed by atoms with E-state index < -0.39 is 5.41 Å². The number of hydrogen-bond donors (Lipinski definition) is 0. The largest absolute Gasteiger partial charge is 0.369 e. The van der Waals surface area contributed by atoms with E-state index in [1.165, 1.54) is 11.3 Å². The Hall–Kier alpha value is -3.33. The molecule has 34 heavy (non-hydrogen) atoms. The monoisotopic (exact) mass is 455 g/mol. The van der Waals surface area contributed by atoms with Crippen LogP contribution in [0.15, 0.2) is 48.7 Å². The highest BCUT2D eigenvalue weighted by molar-refractivity contribution is 5.76. The molecule has 0 saturated carbocycles. The molecule has 1 aromatic carbocycles. The molecule has 0 radical (unpaired) electrons. The lowest BCUT2D eigenvalue weighted by Gasteiger charge is -2.45. The third-order valence-electron chi connectivity index (χ3n) is 8.14. The zero-order valence-electron chi connectivity index (χ0n) is 20.2. The molecule has 2 aliphatic heterocycles. The molecule has 0 N–H and O–H groups in total. The van der Waals surface area contributed by atoms with Crippen LogP contribution in [0.5, 0.6) is 0 Å². The Labute approximate surface area is 202 Å². The normalized spacial score (nSPS) is 23.3. The minimum atomic E-state index is -0.494. The van der Waals surface area contributed by atoms with Gasteiger partial charge in [-0.1, -0.05) is 49.4 Å². The summed E-state index contributed by atoms with van der Waals surface area (Å²) >= 11 is 0. The zero-order valence-corrected chi connectivity index (χ0v) is 20.2. The number of rotatable bonds is 3. The van der Waals surface area contributed by atoms with Crippen molar-refractivity contribution in [3.05, 3.63) is 65.5 Å². The number of amides is 2. The van der Waals surface area contributed by atoms with Crippen molar-refractivity contribution in [1.29, 1.82) is 5.26 Å². The van der Waals surface area contributed by atoms with Gasteiger partial charge in [0, 0.05) is 63.1 Å². The van der Waals surface area contributed by atoms with Crippen molar-refractivity contribution in [2.45, 2.75) is 44.1 Å². The first-order chi connectivity index (χ1) is 16.5. The number of fused-ring (bicyclic) bond motifs is 1. The van der Waals surface area contributed by atoms with Crippen LogP contribution < -0.4 is 4.90 Å². The number of nitriles is 1. The number of aromatic nitrogens is 1. The molecule has 1 unspecified atom stereocenters. The highest BCUT2D eigenvalue weighted by Gasteiger charge is 2.40. The van der Waals surface area contributed by atoms with Gasteiger partial charge in [-0.2, -0.15) is 5.26 Å². The Kier molecular flexibility index (Phi) is 6.03. The molecule has 1 aliphatic carbocycles. The van der Waals surface area contributed by atoms with Crippen LogP contribution in [-0.4, -0.2) is 60.1 Å². The first-order valence-electron chi connectivity index (χ1n) is 12.4. The number of anilines is 1. The van der Waals surface area contributed by atoms with Crippen LogP contribution in [-0.2, 0) is 11.8 Å². The summed E-state index contributed by atoms with van der Waals surface area (Å²) < 4.78 is 0. The standard InChI is InChI=1S/C28H33N5O/c1-21-12-16-33(19-26(21)31(2)25-11-15-30-24-10-6-9-23(24)25)27(34)32-17-13-28(20-29,14-18-32)22-7-4-3-5-8-22/h3-9,11,15,21,26H,10,12-14,16-19H2,1-2H3/t21-,26?/m1/s1. The van der Waals surface area contributed by atoms with E-state index >= 15 is 0 Å². The van der Waals surface area contributed by atoms with Crippen LogP contribution in [0.25, 0.3) is 6.08 Å². The second-order valence-electron chi connectivity index (χ2n) is 10.0. The van der Waals surface area contributed by atoms with Gasteiger partial charge in [-0.15, -0.1) is 0 Å². The minimum Gasteiger partial charge on any atom is -0.369 e. The number of likely N-dealkylation sites (tertiary alicyclic amines) is 2. The molecular weight excluding hydrogens is 422 g/mol. The Bertz CT molecular complexity index is 1110. The summed E-state index contributed by atoms with van der Waals surface area (Å²) in [5, 5.41) is 9.99.